The van der Waals surface area contributed by atoms with Crippen LogP contribution in [-0.4, -0.2) is 54.3 Å². The highest BCUT2D eigenvalue weighted by Crippen LogP contribution is 2.42. The predicted octanol–water partition coefficient (Wildman–Crippen LogP) is 4.25. The summed E-state index contributed by atoms with van der Waals surface area (Å²) in [6.45, 7) is 3.13. The van der Waals surface area contributed by atoms with Gasteiger partial charge in [0.2, 0.25) is 5.91 Å². The molecule has 190 valence electrons. The normalized spacial score (nSPS) is 14.0. The van der Waals surface area contributed by atoms with E-state index in [0.717, 1.165) is 19.3 Å². The molecule has 2 unspecified atom stereocenters. The van der Waals surface area contributed by atoms with Crippen LogP contribution in [0.5, 0.6) is 0 Å². The Kier molecular flexibility index (Phi) is 20.0. The highest BCUT2D eigenvalue weighted by Gasteiger charge is 2.23. The number of ether oxygens (including phenoxy) is 1. The Morgan fingerprint density at radius 2 is 1.44 bits per heavy atom. The van der Waals surface area contributed by atoms with Crippen LogP contribution < -0.4 is 5.32 Å². The molecule has 0 aliphatic rings. The zero-order valence-electron chi connectivity index (χ0n) is 19.9. The molecule has 2 atom stereocenters. The first-order valence-electron chi connectivity index (χ1n) is 12.0. The van der Waals surface area contributed by atoms with E-state index in [9.17, 15) is 24.2 Å². The number of hydrogen-bond donors (Lipinski definition) is 3. The summed E-state index contributed by atoms with van der Waals surface area (Å²) in [6, 6.07) is 0. The predicted molar refractivity (Wildman–Crippen MR) is 123 cm³/mol. The van der Waals surface area contributed by atoms with Gasteiger partial charge in [0.1, 0.15) is 12.7 Å². The average molecular weight is 482 g/mol. The standard InChI is InChI=1S/C22H44NO8P/c1-3-5-6-7-8-9-10-11-12-13-15-22(26)29-18-20(24)19-31-32(27,28)30-17-16-23-21(25)14-4-2/h20,24H,3-19H2,1-2H3,(H,23,25)(H,27,28). The van der Waals surface area contributed by atoms with Crippen LogP contribution in [0, 0.1) is 0 Å². The first kappa shape index (κ1) is 31.0. The van der Waals surface area contributed by atoms with E-state index < -0.39 is 26.5 Å². The summed E-state index contributed by atoms with van der Waals surface area (Å²) in [5.74, 6) is -0.574. The molecule has 0 rings (SSSR count). The summed E-state index contributed by atoms with van der Waals surface area (Å²) in [5.41, 5.74) is 0. The zero-order valence-corrected chi connectivity index (χ0v) is 20.8. The van der Waals surface area contributed by atoms with Crippen LogP contribution in [0.1, 0.15) is 97.3 Å². The van der Waals surface area contributed by atoms with Gasteiger partial charge in [-0.05, 0) is 12.8 Å². The van der Waals surface area contributed by atoms with E-state index >= 15 is 0 Å². The molecule has 0 heterocycles. The minimum Gasteiger partial charge on any atom is -0.463 e. The highest BCUT2D eigenvalue weighted by molar-refractivity contribution is 7.47. The third-order valence-corrected chi connectivity index (χ3v) is 5.74. The zero-order chi connectivity index (χ0) is 24.1. The summed E-state index contributed by atoms with van der Waals surface area (Å²) in [6.07, 6.45) is 11.9. The van der Waals surface area contributed by atoms with Gasteiger partial charge < -0.3 is 20.1 Å². The van der Waals surface area contributed by atoms with E-state index in [1.165, 1.54) is 44.9 Å². The molecular weight excluding hydrogens is 437 g/mol. The van der Waals surface area contributed by atoms with Crippen LogP contribution in [0.4, 0.5) is 0 Å². The van der Waals surface area contributed by atoms with Crippen molar-refractivity contribution in [2.75, 3.05) is 26.4 Å². The number of carbonyl (C=O) groups is 2. The first-order chi connectivity index (χ1) is 15.3. The molecule has 0 aliphatic heterocycles. The number of esters is 1. The third-order valence-electron chi connectivity index (χ3n) is 4.76. The molecule has 0 aromatic carbocycles. The first-order valence-corrected chi connectivity index (χ1v) is 13.5. The lowest BCUT2D eigenvalue weighted by molar-refractivity contribution is -0.147. The Morgan fingerprint density at radius 3 is 2.03 bits per heavy atom. The average Bonchev–Trinajstić information content (AvgIpc) is 2.75. The Balaban J connectivity index is 3.66. The molecule has 0 radical (unpaired) electrons. The lowest BCUT2D eigenvalue weighted by Gasteiger charge is -2.15. The largest absolute Gasteiger partial charge is 0.472 e. The van der Waals surface area contributed by atoms with Gasteiger partial charge in [0, 0.05) is 19.4 Å². The topological polar surface area (TPSA) is 131 Å². The van der Waals surface area contributed by atoms with Crippen LogP contribution in [0.15, 0.2) is 0 Å². The fourth-order valence-corrected chi connectivity index (χ4v) is 3.71. The van der Waals surface area contributed by atoms with Gasteiger partial charge in [0.05, 0.1) is 13.2 Å². The third kappa shape index (κ3) is 20.9. The van der Waals surface area contributed by atoms with Gasteiger partial charge in [-0.25, -0.2) is 4.57 Å². The van der Waals surface area contributed by atoms with Crippen molar-refractivity contribution in [1.82, 2.24) is 5.32 Å². The molecule has 10 heteroatoms. The summed E-state index contributed by atoms with van der Waals surface area (Å²) >= 11 is 0. The van der Waals surface area contributed by atoms with E-state index in [4.69, 9.17) is 9.26 Å². The fraction of sp³-hybridized carbons (Fsp3) is 0.909. The van der Waals surface area contributed by atoms with Crippen molar-refractivity contribution in [3.05, 3.63) is 0 Å². The van der Waals surface area contributed by atoms with Gasteiger partial charge in [0.15, 0.2) is 0 Å². The van der Waals surface area contributed by atoms with E-state index in [1.807, 2.05) is 6.92 Å². The van der Waals surface area contributed by atoms with E-state index in [-0.39, 0.29) is 32.1 Å². The Hall–Kier alpha value is -0.990. The van der Waals surface area contributed by atoms with E-state index in [1.54, 1.807) is 0 Å². The van der Waals surface area contributed by atoms with Crippen LogP contribution in [0.25, 0.3) is 0 Å². The number of hydrogen-bond acceptors (Lipinski definition) is 7. The number of phosphoric ester groups is 1. The number of carbonyl (C=O) groups excluding carboxylic acids is 2. The number of unbranched alkanes of at least 4 members (excludes halogenated alkanes) is 9. The van der Waals surface area contributed by atoms with Gasteiger partial charge in [-0.2, -0.15) is 0 Å². The quantitative estimate of drug-likeness (QED) is 0.119. The molecule has 0 saturated carbocycles. The van der Waals surface area contributed by atoms with Crippen molar-refractivity contribution < 1.29 is 37.9 Å². The van der Waals surface area contributed by atoms with E-state index in [0.29, 0.717) is 12.8 Å². The minimum atomic E-state index is -4.36. The van der Waals surface area contributed by atoms with Gasteiger partial charge in [-0.3, -0.25) is 18.6 Å². The molecule has 0 saturated heterocycles. The van der Waals surface area contributed by atoms with Gasteiger partial charge in [0.25, 0.3) is 0 Å². The van der Waals surface area contributed by atoms with Crippen molar-refractivity contribution in [2.24, 2.45) is 0 Å². The highest BCUT2D eigenvalue weighted by atomic mass is 31.2. The maximum atomic E-state index is 11.7. The van der Waals surface area contributed by atoms with Crippen molar-refractivity contribution in [1.29, 1.82) is 0 Å². The van der Waals surface area contributed by atoms with Crippen molar-refractivity contribution in [3.63, 3.8) is 0 Å². The fourth-order valence-electron chi connectivity index (χ4n) is 2.95. The summed E-state index contributed by atoms with van der Waals surface area (Å²) in [5, 5.41) is 12.3. The lowest BCUT2D eigenvalue weighted by atomic mass is 10.1. The second-order valence-corrected chi connectivity index (χ2v) is 9.42. The molecule has 0 aromatic rings. The Bertz CT molecular complexity index is 532. The molecule has 0 aromatic heterocycles. The molecule has 0 fully saturated rings. The second-order valence-electron chi connectivity index (χ2n) is 7.97. The van der Waals surface area contributed by atoms with Crippen molar-refractivity contribution >= 4 is 19.7 Å². The molecule has 3 N–H and O–H groups in total. The van der Waals surface area contributed by atoms with E-state index in [2.05, 4.69) is 16.8 Å². The monoisotopic (exact) mass is 481 g/mol. The minimum absolute atomic E-state index is 0.0753. The molecule has 32 heavy (non-hydrogen) atoms. The molecule has 0 spiro atoms. The van der Waals surface area contributed by atoms with Gasteiger partial charge >= 0.3 is 13.8 Å². The Morgan fingerprint density at radius 1 is 0.844 bits per heavy atom. The van der Waals surface area contributed by atoms with Crippen molar-refractivity contribution in [2.45, 2.75) is 103 Å². The maximum absolute atomic E-state index is 11.7. The SMILES string of the molecule is CCCCCCCCCCCCC(=O)OCC(O)COP(=O)(O)OCCNC(=O)CCC. The lowest BCUT2D eigenvalue weighted by Crippen LogP contribution is -2.27. The summed E-state index contributed by atoms with van der Waals surface area (Å²) in [4.78, 5) is 32.5. The summed E-state index contributed by atoms with van der Waals surface area (Å²) in [7, 11) is -4.36. The molecular formula is C22H44NO8P. The van der Waals surface area contributed by atoms with Crippen LogP contribution in [-0.2, 0) is 27.9 Å². The van der Waals surface area contributed by atoms with Crippen LogP contribution >= 0.6 is 7.82 Å². The number of aliphatic hydroxyl groups is 1. The number of rotatable bonds is 22. The number of nitrogens with one attached hydrogen (secondary N) is 1. The second kappa shape index (κ2) is 20.6. The van der Waals surface area contributed by atoms with Crippen LogP contribution in [0.2, 0.25) is 0 Å². The number of phosphoric acid groups is 1. The molecule has 9 nitrogen and oxygen atoms in total. The Labute approximate surface area is 193 Å². The number of amides is 1. The van der Waals surface area contributed by atoms with Gasteiger partial charge in [-0.1, -0.05) is 71.6 Å². The van der Waals surface area contributed by atoms with Crippen LogP contribution in [0.3, 0.4) is 0 Å². The smallest absolute Gasteiger partial charge is 0.463 e. The summed E-state index contributed by atoms with van der Waals surface area (Å²) < 4.78 is 26.1. The molecule has 0 aliphatic carbocycles. The maximum Gasteiger partial charge on any atom is 0.472 e. The molecule has 0 bridgehead atoms. The van der Waals surface area contributed by atoms with Crippen molar-refractivity contribution in [3.8, 4) is 0 Å². The van der Waals surface area contributed by atoms with Gasteiger partial charge in [-0.15, -0.1) is 0 Å². The molecule has 1 amide bonds. The number of aliphatic hydroxyl groups excluding tert-OH is 1.